The number of aromatic nitrogens is 1. The quantitative estimate of drug-likeness (QED) is 0.509. The van der Waals surface area contributed by atoms with Gasteiger partial charge in [-0.1, -0.05) is 29.8 Å². The van der Waals surface area contributed by atoms with E-state index in [1.165, 1.54) is 0 Å². The van der Waals surface area contributed by atoms with Crippen molar-refractivity contribution < 1.29 is 4.42 Å². The van der Waals surface area contributed by atoms with E-state index in [1.54, 1.807) is 18.4 Å². The molecule has 0 atom stereocenters. The van der Waals surface area contributed by atoms with Crippen LogP contribution in [0.2, 0.25) is 5.02 Å². The first-order chi connectivity index (χ1) is 11.6. The molecule has 0 radical (unpaired) electrons. The van der Waals surface area contributed by atoms with E-state index in [1.807, 2.05) is 60.3 Å². The van der Waals surface area contributed by atoms with E-state index in [4.69, 9.17) is 16.0 Å². The molecule has 4 rings (SSSR count). The van der Waals surface area contributed by atoms with Gasteiger partial charge in [0.05, 0.1) is 17.3 Å². The van der Waals surface area contributed by atoms with Crippen LogP contribution in [0.3, 0.4) is 0 Å². The molecule has 0 aliphatic heterocycles. The number of pyridine rings is 1. The van der Waals surface area contributed by atoms with Crippen LogP contribution < -0.4 is 5.43 Å². The van der Waals surface area contributed by atoms with Crippen LogP contribution in [0.1, 0.15) is 0 Å². The van der Waals surface area contributed by atoms with Crippen molar-refractivity contribution >= 4 is 22.5 Å². The molecule has 0 N–H and O–H groups in total. The summed E-state index contributed by atoms with van der Waals surface area (Å²) in [4.78, 5) is 12.9. The zero-order chi connectivity index (χ0) is 16.7. The van der Waals surface area contributed by atoms with Gasteiger partial charge >= 0.3 is 0 Å². The highest BCUT2D eigenvalue weighted by Crippen LogP contribution is 2.26. The molecule has 0 spiro atoms. The summed E-state index contributed by atoms with van der Waals surface area (Å²) in [7, 11) is 1.92. The predicted octanol–water partition coefficient (Wildman–Crippen LogP) is 5.12. The van der Waals surface area contributed by atoms with E-state index in [-0.39, 0.29) is 5.43 Å². The van der Waals surface area contributed by atoms with Gasteiger partial charge < -0.3 is 8.98 Å². The minimum Gasteiger partial charge on any atom is -0.464 e. The van der Waals surface area contributed by atoms with Crippen LogP contribution in [0.4, 0.5) is 0 Å². The number of nitrogens with zero attached hydrogens (tertiary/aromatic N) is 1. The average molecular weight is 336 g/mol. The van der Waals surface area contributed by atoms with Crippen molar-refractivity contribution in [3.63, 3.8) is 0 Å². The van der Waals surface area contributed by atoms with E-state index in [0.717, 1.165) is 16.6 Å². The Morgan fingerprint density at radius 2 is 1.83 bits per heavy atom. The second-order valence-corrected chi connectivity index (χ2v) is 6.14. The molecule has 0 unspecified atom stereocenters. The Balaban J connectivity index is 1.99. The van der Waals surface area contributed by atoms with Gasteiger partial charge in [-0.2, -0.15) is 0 Å². The molecule has 2 heterocycles. The van der Waals surface area contributed by atoms with Gasteiger partial charge in [0.2, 0.25) is 0 Å². The van der Waals surface area contributed by atoms with E-state index in [2.05, 4.69) is 0 Å². The van der Waals surface area contributed by atoms with Crippen LogP contribution in [0.25, 0.3) is 33.4 Å². The number of aryl methyl sites for hydroxylation is 1. The van der Waals surface area contributed by atoms with E-state index < -0.39 is 0 Å². The maximum atomic E-state index is 12.9. The van der Waals surface area contributed by atoms with Crippen molar-refractivity contribution in [2.24, 2.45) is 7.05 Å². The number of hydrogen-bond acceptors (Lipinski definition) is 2. The normalized spacial score (nSPS) is 11.1. The lowest BCUT2D eigenvalue weighted by Gasteiger charge is -2.10. The molecule has 0 aliphatic rings. The molecule has 4 heteroatoms. The van der Waals surface area contributed by atoms with Crippen molar-refractivity contribution in [2.45, 2.75) is 0 Å². The number of hydrogen-bond donors (Lipinski definition) is 0. The molecule has 0 amide bonds. The fourth-order valence-corrected chi connectivity index (χ4v) is 3.14. The molecule has 0 saturated carbocycles. The summed E-state index contributed by atoms with van der Waals surface area (Å²) in [5, 5.41) is 1.33. The smallest absolute Gasteiger partial charge is 0.200 e. The summed E-state index contributed by atoms with van der Waals surface area (Å²) in [5.74, 6) is 0.575. The highest BCUT2D eigenvalue weighted by Gasteiger charge is 2.12. The Morgan fingerprint density at radius 1 is 1.00 bits per heavy atom. The summed E-state index contributed by atoms with van der Waals surface area (Å²) in [6, 6.07) is 17.1. The van der Waals surface area contributed by atoms with Gasteiger partial charge in [-0.05, 0) is 47.5 Å². The second kappa shape index (κ2) is 5.69. The lowest BCUT2D eigenvalue weighted by molar-refractivity contribution is 0.581. The number of benzene rings is 2. The Kier molecular flexibility index (Phi) is 3.51. The SMILES string of the molecule is Cn1cc(-c2ccco2)c(=O)c2cc(-c3cccc(Cl)c3)ccc21. The van der Waals surface area contributed by atoms with Gasteiger partial charge in [-0.25, -0.2) is 0 Å². The average Bonchev–Trinajstić information content (AvgIpc) is 3.12. The zero-order valence-corrected chi connectivity index (χ0v) is 13.7. The van der Waals surface area contributed by atoms with Gasteiger partial charge in [0.25, 0.3) is 0 Å². The number of halogens is 1. The predicted molar refractivity (Wildman–Crippen MR) is 97.3 cm³/mol. The fourth-order valence-electron chi connectivity index (χ4n) is 2.95. The Morgan fingerprint density at radius 3 is 2.58 bits per heavy atom. The third kappa shape index (κ3) is 2.43. The Labute approximate surface area is 143 Å². The number of furan rings is 1. The van der Waals surface area contributed by atoms with Crippen LogP contribution >= 0.6 is 11.6 Å². The van der Waals surface area contributed by atoms with Crippen molar-refractivity contribution in [1.29, 1.82) is 0 Å². The molecule has 4 aromatic rings. The molecule has 0 bridgehead atoms. The molecule has 0 fully saturated rings. The molecule has 118 valence electrons. The molecule has 3 nitrogen and oxygen atoms in total. The van der Waals surface area contributed by atoms with E-state index in [9.17, 15) is 4.79 Å². The van der Waals surface area contributed by atoms with Crippen molar-refractivity contribution in [1.82, 2.24) is 4.57 Å². The van der Waals surface area contributed by atoms with Crippen molar-refractivity contribution in [2.75, 3.05) is 0 Å². The van der Waals surface area contributed by atoms with Gasteiger partial charge in [0, 0.05) is 23.7 Å². The van der Waals surface area contributed by atoms with Crippen LogP contribution in [0.5, 0.6) is 0 Å². The summed E-state index contributed by atoms with van der Waals surface area (Å²) >= 11 is 6.08. The maximum Gasteiger partial charge on any atom is 0.200 e. The summed E-state index contributed by atoms with van der Waals surface area (Å²) in [6.07, 6.45) is 3.38. The van der Waals surface area contributed by atoms with E-state index in [0.29, 0.717) is 21.7 Å². The molecule has 2 aromatic carbocycles. The first-order valence-electron chi connectivity index (χ1n) is 7.57. The molecule has 2 aromatic heterocycles. The topological polar surface area (TPSA) is 35.1 Å². The third-order valence-electron chi connectivity index (χ3n) is 4.13. The highest BCUT2D eigenvalue weighted by molar-refractivity contribution is 6.30. The minimum absolute atomic E-state index is 0.0399. The first-order valence-corrected chi connectivity index (χ1v) is 7.94. The Bertz CT molecular complexity index is 1090. The summed E-state index contributed by atoms with van der Waals surface area (Å²) in [6.45, 7) is 0. The lowest BCUT2D eigenvalue weighted by atomic mass is 10.0. The standard InChI is InChI=1S/C20H14ClNO2/c1-22-12-17(19-6-3-9-24-19)20(23)16-11-14(7-8-18(16)22)13-4-2-5-15(21)10-13/h2-12H,1H3. The molecular weight excluding hydrogens is 322 g/mol. The molecule has 0 aliphatic carbocycles. The summed E-state index contributed by atoms with van der Waals surface area (Å²) in [5.41, 5.74) is 3.33. The fraction of sp³-hybridized carbons (Fsp3) is 0.0500. The van der Waals surface area contributed by atoms with Gasteiger partial charge in [-0.3, -0.25) is 4.79 Å². The number of rotatable bonds is 2. The monoisotopic (exact) mass is 335 g/mol. The molecule has 24 heavy (non-hydrogen) atoms. The summed E-state index contributed by atoms with van der Waals surface area (Å²) < 4.78 is 7.34. The number of fused-ring (bicyclic) bond motifs is 1. The Hall–Kier alpha value is -2.78. The van der Waals surface area contributed by atoms with Crippen molar-refractivity contribution in [3.8, 4) is 22.5 Å². The van der Waals surface area contributed by atoms with Gasteiger partial charge in [0.1, 0.15) is 5.76 Å². The molecule has 0 saturated heterocycles. The highest BCUT2D eigenvalue weighted by atomic mass is 35.5. The van der Waals surface area contributed by atoms with Crippen LogP contribution in [0, 0.1) is 0 Å². The maximum absolute atomic E-state index is 12.9. The van der Waals surface area contributed by atoms with Crippen LogP contribution in [-0.2, 0) is 7.05 Å². The second-order valence-electron chi connectivity index (χ2n) is 5.70. The van der Waals surface area contributed by atoms with Crippen LogP contribution in [0.15, 0.2) is 76.3 Å². The van der Waals surface area contributed by atoms with Crippen LogP contribution in [-0.4, -0.2) is 4.57 Å². The largest absolute Gasteiger partial charge is 0.464 e. The zero-order valence-electron chi connectivity index (χ0n) is 13.0. The van der Waals surface area contributed by atoms with Gasteiger partial charge in [0.15, 0.2) is 5.43 Å². The lowest BCUT2D eigenvalue weighted by Crippen LogP contribution is -2.10. The van der Waals surface area contributed by atoms with Gasteiger partial charge in [-0.15, -0.1) is 0 Å². The van der Waals surface area contributed by atoms with E-state index >= 15 is 0 Å². The first kappa shape index (κ1) is 14.8. The molecular formula is C20H14ClNO2. The third-order valence-corrected chi connectivity index (χ3v) is 4.37. The minimum atomic E-state index is -0.0399. The van der Waals surface area contributed by atoms with Crippen molar-refractivity contribution in [3.05, 3.63) is 82.3 Å².